The van der Waals surface area contributed by atoms with E-state index >= 15 is 0 Å². The molecular weight excluding hydrogens is 713 g/mol. The molecule has 1 aliphatic rings. The summed E-state index contributed by atoms with van der Waals surface area (Å²) in [7, 11) is 0. The lowest BCUT2D eigenvalue weighted by molar-refractivity contribution is 0.661. The molecule has 0 bridgehead atoms. The number of nitrogens with zero attached hydrogens (tertiary/aromatic N) is 2. The first kappa shape index (κ1) is 34.8. The molecule has 1 aromatic heterocycles. The molecule has 11 rings (SSSR count). The van der Waals surface area contributed by atoms with Crippen LogP contribution in [0, 0.1) is 0 Å². The lowest BCUT2D eigenvalue weighted by Crippen LogP contribution is -2.15. The Hall–Kier alpha value is -7.42. The second-order valence-electron chi connectivity index (χ2n) is 16.2. The molecule has 0 fully saturated rings. The van der Waals surface area contributed by atoms with Gasteiger partial charge in [0, 0.05) is 22.1 Å². The van der Waals surface area contributed by atoms with Gasteiger partial charge in [0.15, 0.2) is 5.82 Å². The van der Waals surface area contributed by atoms with Gasteiger partial charge in [0.1, 0.15) is 0 Å². The minimum Gasteiger partial charge on any atom is -0.228 e. The molecule has 0 unspecified atom stereocenters. The number of benzene rings is 9. The highest BCUT2D eigenvalue weighted by molar-refractivity contribution is 6.04. The third-order valence-corrected chi connectivity index (χ3v) is 12.3. The third kappa shape index (κ3) is 5.96. The molecule has 278 valence electrons. The van der Waals surface area contributed by atoms with Gasteiger partial charge >= 0.3 is 0 Å². The van der Waals surface area contributed by atoms with E-state index in [4.69, 9.17) is 9.97 Å². The Bertz CT molecular complexity index is 3220. The van der Waals surface area contributed by atoms with Crippen LogP contribution in [0.5, 0.6) is 0 Å². The molecule has 10 aromatic rings. The van der Waals surface area contributed by atoms with Crippen LogP contribution in [0.1, 0.15) is 25.0 Å². The number of hydrogen-bond acceptors (Lipinski definition) is 2. The summed E-state index contributed by atoms with van der Waals surface area (Å²) in [4.78, 5) is 10.6. The largest absolute Gasteiger partial charge is 0.228 e. The van der Waals surface area contributed by atoms with Gasteiger partial charge in [-0.3, -0.25) is 0 Å². The van der Waals surface area contributed by atoms with Crippen molar-refractivity contribution in [1.82, 2.24) is 9.97 Å². The van der Waals surface area contributed by atoms with Crippen LogP contribution in [-0.2, 0) is 5.41 Å². The highest BCUT2D eigenvalue weighted by Crippen LogP contribution is 2.51. The van der Waals surface area contributed by atoms with Gasteiger partial charge in [-0.2, -0.15) is 0 Å². The van der Waals surface area contributed by atoms with Crippen molar-refractivity contribution in [2.45, 2.75) is 19.3 Å². The molecule has 59 heavy (non-hydrogen) atoms. The topological polar surface area (TPSA) is 25.8 Å². The molecule has 1 heterocycles. The molecule has 9 aromatic carbocycles. The van der Waals surface area contributed by atoms with Crippen LogP contribution in [0.15, 0.2) is 206 Å². The second-order valence-corrected chi connectivity index (χ2v) is 16.2. The van der Waals surface area contributed by atoms with Crippen LogP contribution in [0.25, 0.3) is 100.0 Å². The van der Waals surface area contributed by atoms with Gasteiger partial charge in [-0.1, -0.05) is 190 Å². The molecule has 2 nitrogen and oxygen atoms in total. The number of aromatic nitrogens is 2. The summed E-state index contributed by atoms with van der Waals surface area (Å²) in [5.41, 5.74) is 17.4. The zero-order chi connectivity index (χ0) is 39.5. The number of rotatable bonds is 6. The minimum atomic E-state index is -0.0817. The van der Waals surface area contributed by atoms with Crippen LogP contribution >= 0.6 is 0 Å². The van der Waals surface area contributed by atoms with Gasteiger partial charge in [0.05, 0.1) is 11.4 Å². The first-order valence-corrected chi connectivity index (χ1v) is 20.4. The first-order valence-electron chi connectivity index (χ1n) is 20.4. The molecule has 0 radical (unpaired) electrons. The summed E-state index contributed by atoms with van der Waals surface area (Å²) in [6.45, 7) is 4.73. The summed E-state index contributed by atoms with van der Waals surface area (Å²) in [6.07, 6.45) is 0. The first-order chi connectivity index (χ1) is 29.0. The minimum absolute atomic E-state index is 0.0817. The predicted octanol–water partition coefficient (Wildman–Crippen LogP) is 15.1. The Morgan fingerprint density at radius 1 is 0.305 bits per heavy atom. The Kier molecular flexibility index (Phi) is 8.20. The van der Waals surface area contributed by atoms with E-state index in [2.05, 4.69) is 214 Å². The van der Waals surface area contributed by atoms with Crippen molar-refractivity contribution in [1.29, 1.82) is 0 Å². The van der Waals surface area contributed by atoms with E-state index in [-0.39, 0.29) is 5.41 Å². The van der Waals surface area contributed by atoms with Gasteiger partial charge < -0.3 is 0 Å². The average Bonchev–Trinajstić information content (AvgIpc) is 3.52. The van der Waals surface area contributed by atoms with E-state index in [1.807, 2.05) is 6.07 Å². The molecule has 1 aliphatic carbocycles. The second kappa shape index (κ2) is 13.9. The fourth-order valence-corrected chi connectivity index (χ4v) is 9.23. The van der Waals surface area contributed by atoms with E-state index in [0.717, 1.165) is 44.6 Å². The van der Waals surface area contributed by atoms with E-state index in [1.165, 1.54) is 60.7 Å². The molecule has 0 spiro atoms. The molecule has 0 saturated heterocycles. The Morgan fingerprint density at radius 3 is 1.56 bits per heavy atom. The van der Waals surface area contributed by atoms with Gasteiger partial charge in [0.2, 0.25) is 0 Å². The van der Waals surface area contributed by atoms with E-state index in [1.54, 1.807) is 0 Å². The molecule has 2 heteroatoms. The van der Waals surface area contributed by atoms with Crippen molar-refractivity contribution >= 4 is 21.5 Å². The highest BCUT2D eigenvalue weighted by atomic mass is 14.9. The SMILES string of the molecule is CC1(C)c2cc(-c3ccc(-c4ccc(-c5nc(-c6ccccc6)cc(-c6ccccc6-c6ccccc6)n5)c5ccccc45)cc3)ccc2-c2cc3ccccc3cc21. The standard InChI is InChI=1S/C57H40N2/c1-57(2)52-35-43(29-30-48(52)51-33-41-19-9-10-20-42(41)34-53(51)57)37-25-27-39(28-26-37)45-31-32-50(47-23-13-12-22-46(45)47)56-58-54(40-17-7-4-8-18-40)36-55(59-56)49-24-14-11-21-44(49)38-15-5-3-6-16-38/h3-36H,1-2H3. The molecular formula is C57H40N2. The molecule has 0 amide bonds. The maximum atomic E-state index is 5.33. The van der Waals surface area contributed by atoms with Crippen molar-refractivity contribution in [3.05, 3.63) is 217 Å². The highest BCUT2D eigenvalue weighted by Gasteiger charge is 2.36. The fraction of sp³-hybridized carbons (Fsp3) is 0.0526. The van der Waals surface area contributed by atoms with Crippen molar-refractivity contribution < 1.29 is 0 Å². The molecule has 0 aliphatic heterocycles. The molecule has 0 saturated carbocycles. The van der Waals surface area contributed by atoms with Crippen LogP contribution in [0.4, 0.5) is 0 Å². The van der Waals surface area contributed by atoms with Crippen LogP contribution in [0.3, 0.4) is 0 Å². The molecule has 0 atom stereocenters. The van der Waals surface area contributed by atoms with Crippen molar-refractivity contribution in [3.63, 3.8) is 0 Å². The summed E-state index contributed by atoms with van der Waals surface area (Å²) in [5.74, 6) is 0.706. The fourth-order valence-electron chi connectivity index (χ4n) is 9.23. The summed E-state index contributed by atoms with van der Waals surface area (Å²) in [5, 5.41) is 4.88. The summed E-state index contributed by atoms with van der Waals surface area (Å²) < 4.78 is 0. The van der Waals surface area contributed by atoms with Crippen molar-refractivity contribution in [2.75, 3.05) is 0 Å². The van der Waals surface area contributed by atoms with Crippen molar-refractivity contribution in [3.8, 4) is 78.4 Å². The van der Waals surface area contributed by atoms with Crippen LogP contribution in [0.2, 0.25) is 0 Å². The zero-order valence-corrected chi connectivity index (χ0v) is 33.0. The maximum absolute atomic E-state index is 5.33. The molecule has 0 N–H and O–H groups in total. The van der Waals surface area contributed by atoms with Gasteiger partial charge in [-0.15, -0.1) is 0 Å². The quantitative estimate of drug-likeness (QED) is 0.169. The smallest absolute Gasteiger partial charge is 0.161 e. The summed E-state index contributed by atoms with van der Waals surface area (Å²) >= 11 is 0. The normalized spacial score (nSPS) is 12.7. The van der Waals surface area contributed by atoms with E-state index < -0.39 is 0 Å². The third-order valence-electron chi connectivity index (χ3n) is 12.3. The predicted molar refractivity (Wildman–Crippen MR) is 247 cm³/mol. The lowest BCUT2D eigenvalue weighted by atomic mass is 9.81. The van der Waals surface area contributed by atoms with Gasteiger partial charge in [0.25, 0.3) is 0 Å². The monoisotopic (exact) mass is 752 g/mol. The van der Waals surface area contributed by atoms with E-state index in [0.29, 0.717) is 5.82 Å². The average molecular weight is 753 g/mol. The van der Waals surface area contributed by atoms with E-state index in [9.17, 15) is 0 Å². The summed E-state index contributed by atoms with van der Waals surface area (Å²) in [6, 6.07) is 74.3. The Labute approximate surface area is 345 Å². The Morgan fingerprint density at radius 2 is 0.814 bits per heavy atom. The lowest BCUT2D eigenvalue weighted by Gasteiger charge is -2.22. The van der Waals surface area contributed by atoms with Crippen molar-refractivity contribution in [2.24, 2.45) is 0 Å². The maximum Gasteiger partial charge on any atom is 0.161 e. The van der Waals surface area contributed by atoms with Crippen LogP contribution in [-0.4, -0.2) is 9.97 Å². The number of hydrogen-bond donors (Lipinski definition) is 0. The van der Waals surface area contributed by atoms with Crippen LogP contribution < -0.4 is 0 Å². The van der Waals surface area contributed by atoms with Gasteiger partial charge in [-0.25, -0.2) is 9.97 Å². The Balaban J connectivity index is 0.981. The van der Waals surface area contributed by atoms with Gasteiger partial charge in [-0.05, 0) is 108 Å². The number of fused-ring (bicyclic) bond motifs is 5. The zero-order valence-electron chi connectivity index (χ0n) is 33.0.